The van der Waals surface area contributed by atoms with E-state index in [9.17, 15) is 14.4 Å². The second-order valence-electron chi connectivity index (χ2n) is 7.20. The first-order valence-corrected chi connectivity index (χ1v) is 12.3. The molecule has 172 valence electrons. The second-order valence-corrected chi connectivity index (χ2v) is 9.88. The molecule has 1 aliphatic rings. The lowest BCUT2D eigenvalue weighted by molar-refractivity contribution is -0.123. The molecule has 1 heterocycles. The van der Waals surface area contributed by atoms with Gasteiger partial charge in [0.25, 0.3) is 11.1 Å². The Morgan fingerprint density at radius 1 is 1.06 bits per heavy atom. The summed E-state index contributed by atoms with van der Waals surface area (Å²) in [6, 6.07) is 18.9. The van der Waals surface area contributed by atoms with E-state index < -0.39 is 5.97 Å². The molecule has 34 heavy (non-hydrogen) atoms. The van der Waals surface area contributed by atoms with E-state index in [2.05, 4.69) is 22.6 Å². The van der Waals surface area contributed by atoms with Crippen molar-refractivity contribution in [2.45, 2.75) is 6.54 Å². The summed E-state index contributed by atoms with van der Waals surface area (Å²) in [5.74, 6) is -0.448. The normalized spacial score (nSPS) is 14.6. The topological polar surface area (TPSA) is 72.9 Å². The monoisotopic (exact) mass is 605 g/mol. The fourth-order valence-electron chi connectivity index (χ4n) is 3.20. The van der Waals surface area contributed by atoms with Gasteiger partial charge in [0.05, 0.1) is 24.1 Å². The standard InChI is InChI=1S/C25H17ClINO5S/c1-32-20-10-7-16(11-21(20)33-24(30)17-3-2-4-18(26)13-17)12-22-23(29)28(25(31)34-22)14-15-5-8-19(27)9-6-15/h2-13H,14H2,1H3/b22-12-. The Balaban J connectivity index is 1.55. The molecule has 0 aliphatic carbocycles. The van der Waals surface area contributed by atoms with E-state index in [0.29, 0.717) is 16.3 Å². The molecular formula is C25H17ClINO5S. The van der Waals surface area contributed by atoms with Crippen LogP contribution < -0.4 is 9.47 Å². The number of carbonyl (C=O) groups excluding carboxylic acids is 3. The molecule has 0 radical (unpaired) electrons. The van der Waals surface area contributed by atoms with Crippen molar-refractivity contribution in [2.75, 3.05) is 7.11 Å². The summed E-state index contributed by atoms with van der Waals surface area (Å²) in [6.07, 6.45) is 1.59. The molecule has 0 atom stereocenters. The van der Waals surface area contributed by atoms with Crippen molar-refractivity contribution in [3.63, 3.8) is 0 Å². The lowest BCUT2D eigenvalue weighted by atomic mass is 10.1. The largest absolute Gasteiger partial charge is 0.493 e. The van der Waals surface area contributed by atoms with E-state index in [1.165, 1.54) is 18.1 Å². The van der Waals surface area contributed by atoms with Crippen LogP contribution in [-0.2, 0) is 11.3 Å². The Morgan fingerprint density at radius 3 is 2.53 bits per heavy atom. The zero-order chi connectivity index (χ0) is 24.2. The summed E-state index contributed by atoms with van der Waals surface area (Å²) in [4.78, 5) is 39.4. The lowest BCUT2D eigenvalue weighted by Gasteiger charge is -2.12. The van der Waals surface area contributed by atoms with Crippen LogP contribution in [0.5, 0.6) is 11.5 Å². The number of rotatable bonds is 6. The van der Waals surface area contributed by atoms with Crippen LogP contribution in [0, 0.1) is 3.57 Å². The predicted octanol–water partition coefficient (Wildman–Crippen LogP) is 6.41. The number of methoxy groups -OCH3 is 1. The summed E-state index contributed by atoms with van der Waals surface area (Å²) in [7, 11) is 1.46. The van der Waals surface area contributed by atoms with E-state index in [4.69, 9.17) is 21.1 Å². The zero-order valence-corrected chi connectivity index (χ0v) is 21.5. The summed E-state index contributed by atoms with van der Waals surface area (Å²) in [5.41, 5.74) is 1.73. The molecule has 2 amide bonds. The van der Waals surface area contributed by atoms with Gasteiger partial charge in [0.2, 0.25) is 0 Å². The lowest BCUT2D eigenvalue weighted by Crippen LogP contribution is -2.27. The number of ether oxygens (including phenoxy) is 2. The summed E-state index contributed by atoms with van der Waals surface area (Å²) in [6.45, 7) is 0.198. The molecule has 1 saturated heterocycles. The average Bonchev–Trinajstić information content (AvgIpc) is 3.08. The van der Waals surface area contributed by atoms with Gasteiger partial charge in [-0.3, -0.25) is 14.5 Å². The highest BCUT2D eigenvalue weighted by Gasteiger charge is 2.35. The number of nitrogens with zero attached hydrogens (tertiary/aromatic N) is 1. The number of amides is 2. The number of imide groups is 1. The van der Waals surface area contributed by atoms with Crippen molar-refractivity contribution in [2.24, 2.45) is 0 Å². The minimum absolute atomic E-state index is 0.180. The number of hydrogen-bond donors (Lipinski definition) is 0. The van der Waals surface area contributed by atoms with Crippen LogP contribution in [0.3, 0.4) is 0 Å². The van der Waals surface area contributed by atoms with E-state index >= 15 is 0 Å². The van der Waals surface area contributed by atoms with Gasteiger partial charge >= 0.3 is 5.97 Å². The number of hydrogen-bond acceptors (Lipinski definition) is 6. The molecule has 0 spiro atoms. The Morgan fingerprint density at radius 2 is 1.82 bits per heavy atom. The van der Waals surface area contributed by atoms with Crippen molar-refractivity contribution in [1.29, 1.82) is 0 Å². The molecule has 0 aromatic heterocycles. The van der Waals surface area contributed by atoms with Crippen LogP contribution in [0.2, 0.25) is 5.02 Å². The maximum Gasteiger partial charge on any atom is 0.343 e. The molecule has 1 fully saturated rings. The van der Waals surface area contributed by atoms with E-state index in [0.717, 1.165) is 20.9 Å². The van der Waals surface area contributed by atoms with Crippen molar-refractivity contribution in [3.8, 4) is 11.5 Å². The van der Waals surface area contributed by atoms with Crippen molar-refractivity contribution in [1.82, 2.24) is 4.90 Å². The van der Waals surface area contributed by atoms with E-state index in [1.54, 1.807) is 42.5 Å². The maximum absolute atomic E-state index is 12.9. The Bertz CT molecular complexity index is 1310. The molecule has 6 nitrogen and oxygen atoms in total. The molecule has 1 aliphatic heterocycles. The first-order valence-electron chi connectivity index (χ1n) is 9.99. The van der Waals surface area contributed by atoms with Gasteiger partial charge in [-0.05, 0) is 94.0 Å². The zero-order valence-electron chi connectivity index (χ0n) is 17.8. The Labute approximate surface area is 219 Å². The summed E-state index contributed by atoms with van der Waals surface area (Å²) >= 11 is 9.03. The molecule has 4 rings (SSSR count). The number of halogens is 2. The third-order valence-electron chi connectivity index (χ3n) is 4.88. The van der Waals surface area contributed by atoms with Gasteiger partial charge in [-0.25, -0.2) is 4.79 Å². The van der Waals surface area contributed by atoms with Crippen LogP contribution in [0.25, 0.3) is 6.08 Å². The molecule has 0 unspecified atom stereocenters. The molecule has 9 heteroatoms. The van der Waals surface area contributed by atoms with Gasteiger partial charge in [0.1, 0.15) is 0 Å². The highest BCUT2D eigenvalue weighted by Crippen LogP contribution is 2.35. The van der Waals surface area contributed by atoms with Crippen molar-refractivity contribution in [3.05, 3.63) is 96.9 Å². The van der Waals surface area contributed by atoms with Crippen LogP contribution >= 0.6 is 46.0 Å². The van der Waals surface area contributed by atoms with Gasteiger partial charge < -0.3 is 9.47 Å². The molecule has 0 bridgehead atoms. The van der Waals surface area contributed by atoms with Crippen LogP contribution in [-0.4, -0.2) is 29.1 Å². The van der Waals surface area contributed by atoms with Crippen LogP contribution in [0.1, 0.15) is 21.5 Å². The van der Waals surface area contributed by atoms with Gasteiger partial charge in [-0.15, -0.1) is 0 Å². The Kier molecular flexibility index (Phi) is 7.60. The Hall–Kier alpha value is -2.82. The number of benzene rings is 3. The SMILES string of the molecule is COc1ccc(/C=C2\SC(=O)N(Cc3ccc(I)cc3)C2=O)cc1OC(=O)c1cccc(Cl)c1. The van der Waals surface area contributed by atoms with Crippen molar-refractivity contribution >= 4 is 69.1 Å². The quantitative estimate of drug-likeness (QED) is 0.140. The number of thioether (sulfide) groups is 1. The van der Waals surface area contributed by atoms with Gasteiger partial charge in [0, 0.05) is 8.59 Å². The highest BCUT2D eigenvalue weighted by molar-refractivity contribution is 14.1. The second kappa shape index (κ2) is 10.6. The van der Waals surface area contributed by atoms with Gasteiger partial charge in [-0.2, -0.15) is 0 Å². The molecular weight excluding hydrogens is 589 g/mol. The number of carbonyl (C=O) groups is 3. The van der Waals surface area contributed by atoms with E-state index in [-0.39, 0.29) is 33.9 Å². The minimum atomic E-state index is -0.601. The first kappa shape index (κ1) is 24.3. The van der Waals surface area contributed by atoms with E-state index in [1.807, 2.05) is 24.3 Å². The van der Waals surface area contributed by atoms with Crippen LogP contribution in [0.4, 0.5) is 4.79 Å². The molecule has 0 saturated carbocycles. The first-order chi connectivity index (χ1) is 16.3. The highest BCUT2D eigenvalue weighted by atomic mass is 127. The molecule has 3 aromatic carbocycles. The minimum Gasteiger partial charge on any atom is -0.493 e. The fourth-order valence-corrected chi connectivity index (χ4v) is 4.59. The summed E-state index contributed by atoms with van der Waals surface area (Å²) in [5, 5.41) is 0.0760. The average molecular weight is 606 g/mol. The van der Waals surface area contributed by atoms with Gasteiger partial charge in [-0.1, -0.05) is 35.9 Å². The van der Waals surface area contributed by atoms with Crippen LogP contribution in [0.15, 0.2) is 71.6 Å². The third-order valence-corrected chi connectivity index (χ3v) is 6.74. The fraction of sp³-hybridized carbons (Fsp3) is 0.0800. The third kappa shape index (κ3) is 5.63. The summed E-state index contributed by atoms with van der Waals surface area (Å²) < 4.78 is 11.9. The maximum atomic E-state index is 12.9. The predicted molar refractivity (Wildman–Crippen MR) is 140 cm³/mol. The van der Waals surface area contributed by atoms with Crippen molar-refractivity contribution < 1.29 is 23.9 Å². The molecule has 3 aromatic rings. The number of esters is 1. The van der Waals surface area contributed by atoms with Gasteiger partial charge in [0.15, 0.2) is 11.5 Å². The molecule has 0 N–H and O–H groups in total. The smallest absolute Gasteiger partial charge is 0.343 e.